The average molecular weight is 483 g/mol. The Kier molecular flexibility index (Phi) is 7.17. The Labute approximate surface area is 199 Å². The molecule has 0 bridgehead atoms. The molecule has 0 saturated carbocycles. The van der Waals surface area contributed by atoms with Gasteiger partial charge in [-0.2, -0.15) is 0 Å². The molecule has 2 heterocycles. The predicted molar refractivity (Wildman–Crippen MR) is 130 cm³/mol. The van der Waals surface area contributed by atoms with Gasteiger partial charge in [-0.15, -0.1) is 21.5 Å². The second-order valence-electron chi connectivity index (χ2n) is 7.53. The summed E-state index contributed by atoms with van der Waals surface area (Å²) in [5.74, 6) is 0.473. The minimum absolute atomic E-state index is 0.0427. The zero-order chi connectivity index (χ0) is 23.4. The number of carbonyl (C=O) groups is 1. The number of nitrogens with one attached hydrogen (secondary N) is 1. The predicted octanol–water partition coefficient (Wildman–Crippen LogP) is 4.88. The Morgan fingerprint density at radius 1 is 1.15 bits per heavy atom. The van der Waals surface area contributed by atoms with E-state index in [1.807, 2.05) is 54.4 Å². The third-order valence-electron chi connectivity index (χ3n) is 5.04. The highest BCUT2D eigenvalue weighted by molar-refractivity contribution is 7.99. The van der Waals surface area contributed by atoms with Crippen LogP contribution in [-0.4, -0.2) is 50.4 Å². The highest BCUT2D eigenvalue weighted by Gasteiger charge is 2.21. The summed E-state index contributed by atoms with van der Waals surface area (Å²) in [5.41, 5.74) is 2.42. The molecule has 4 rings (SSSR count). The molecule has 2 aromatic heterocycles. The Balaban J connectivity index is 1.46. The second-order valence-corrected chi connectivity index (χ2v) is 9.33. The SMILES string of the molecule is C[C@H](c1nnc(SCC(=O)Nc2nc(-c3ccc(F)cc3)cs2)n1-c1ccccc1)N(C)C. The normalized spacial score (nSPS) is 12.2. The maximum atomic E-state index is 13.1. The van der Waals surface area contributed by atoms with Gasteiger partial charge < -0.3 is 5.32 Å². The minimum atomic E-state index is -0.300. The molecule has 1 amide bonds. The molecule has 1 N–H and O–H groups in total. The van der Waals surface area contributed by atoms with Crippen LogP contribution in [0.3, 0.4) is 0 Å². The summed E-state index contributed by atoms with van der Waals surface area (Å²) in [6.07, 6.45) is 0. The van der Waals surface area contributed by atoms with Crippen LogP contribution in [0.15, 0.2) is 65.1 Å². The summed E-state index contributed by atoms with van der Waals surface area (Å²) >= 11 is 2.64. The molecule has 0 aliphatic carbocycles. The molecule has 33 heavy (non-hydrogen) atoms. The Bertz CT molecular complexity index is 1220. The topological polar surface area (TPSA) is 75.9 Å². The van der Waals surface area contributed by atoms with Gasteiger partial charge in [0.05, 0.1) is 17.5 Å². The smallest absolute Gasteiger partial charge is 0.236 e. The van der Waals surface area contributed by atoms with Crippen molar-refractivity contribution in [1.82, 2.24) is 24.6 Å². The van der Waals surface area contributed by atoms with E-state index in [2.05, 4.69) is 32.3 Å². The fourth-order valence-electron chi connectivity index (χ4n) is 3.07. The zero-order valence-corrected chi connectivity index (χ0v) is 20.0. The number of benzene rings is 2. The first-order chi connectivity index (χ1) is 15.9. The zero-order valence-electron chi connectivity index (χ0n) is 18.4. The molecule has 0 fully saturated rings. The molecule has 0 aliphatic rings. The van der Waals surface area contributed by atoms with Crippen LogP contribution in [0.4, 0.5) is 9.52 Å². The first kappa shape index (κ1) is 23.1. The first-order valence-electron chi connectivity index (χ1n) is 10.2. The molecule has 7 nitrogen and oxygen atoms in total. The molecule has 10 heteroatoms. The van der Waals surface area contributed by atoms with Crippen molar-refractivity contribution in [3.8, 4) is 16.9 Å². The molecule has 0 unspecified atom stereocenters. The molecule has 0 spiro atoms. The van der Waals surface area contributed by atoms with Gasteiger partial charge in [0.25, 0.3) is 0 Å². The molecule has 0 aliphatic heterocycles. The lowest BCUT2D eigenvalue weighted by Gasteiger charge is -2.20. The summed E-state index contributed by atoms with van der Waals surface area (Å²) in [6.45, 7) is 2.06. The third-order valence-corrected chi connectivity index (χ3v) is 6.73. The standard InChI is InChI=1S/C23H23FN6OS2/c1-15(29(2)3)21-27-28-23(30(21)18-7-5-4-6-8-18)33-14-20(31)26-22-25-19(13-32-22)16-9-11-17(24)12-10-16/h4-13,15H,14H2,1-3H3,(H,25,26,31)/t15-/m1/s1. The average Bonchev–Trinajstić information content (AvgIpc) is 3.45. The number of hydrogen-bond donors (Lipinski definition) is 1. The van der Waals surface area contributed by atoms with Crippen LogP contribution < -0.4 is 5.32 Å². The van der Waals surface area contributed by atoms with Gasteiger partial charge in [0.2, 0.25) is 5.91 Å². The van der Waals surface area contributed by atoms with Crippen molar-refractivity contribution in [1.29, 1.82) is 0 Å². The molecule has 0 saturated heterocycles. The number of para-hydroxylation sites is 1. The van der Waals surface area contributed by atoms with Crippen molar-refractivity contribution in [2.75, 3.05) is 25.2 Å². The van der Waals surface area contributed by atoms with E-state index in [-0.39, 0.29) is 23.5 Å². The number of halogens is 1. The van der Waals surface area contributed by atoms with Crippen LogP contribution in [0.25, 0.3) is 16.9 Å². The fraction of sp³-hybridized carbons (Fsp3) is 0.217. The lowest BCUT2D eigenvalue weighted by atomic mass is 10.2. The Morgan fingerprint density at radius 3 is 2.58 bits per heavy atom. The van der Waals surface area contributed by atoms with Crippen LogP contribution in [0.5, 0.6) is 0 Å². The van der Waals surface area contributed by atoms with Crippen molar-refractivity contribution >= 4 is 34.1 Å². The number of carbonyl (C=O) groups excluding carboxylic acids is 1. The summed E-state index contributed by atoms with van der Waals surface area (Å²) in [4.78, 5) is 19.1. The van der Waals surface area contributed by atoms with Crippen LogP contribution in [0, 0.1) is 5.82 Å². The van der Waals surface area contributed by atoms with E-state index in [0.717, 1.165) is 17.1 Å². The number of rotatable bonds is 8. The number of thioether (sulfide) groups is 1. The number of anilines is 1. The van der Waals surface area contributed by atoms with E-state index in [4.69, 9.17) is 0 Å². The van der Waals surface area contributed by atoms with Crippen molar-refractivity contribution in [2.24, 2.45) is 0 Å². The van der Waals surface area contributed by atoms with E-state index in [9.17, 15) is 9.18 Å². The number of hydrogen-bond acceptors (Lipinski definition) is 7. The summed E-state index contributed by atoms with van der Waals surface area (Å²) in [6, 6.07) is 16.0. The maximum absolute atomic E-state index is 13.1. The highest BCUT2D eigenvalue weighted by Crippen LogP contribution is 2.28. The van der Waals surface area contributed by atoms with Crippen LogP contribution >= 0.6 is 23.1 Å². The molecule has 0 radical (unpaired) electrons. The summed E-state index contributed by atoms with van der Waals surface area (Å²) in [5, 5.41) is 14.5. The second kappa shape index (κ2) is 10.2. The largest absolute Gasteiger partial charge is 0.301 e. The van der Waals surface area contributed by atoms with E-state index in [0.29, 0.717) is 16.0 Å². The van der Waals surface area contributed by atoms with Crippen molar-refractivity contribution in [2.45, 2.75) is 18.1 Å². The van der Waals surface area contributed by atoms with Gasteiger partial charge in [0.1, 0.15) is 5.82 Å². The van der Waals surface area contributed by atoms with Crippen molar-refractivity contribution in [3.63, 3.8) is 0 Å². The monoisotopic (exact) mass is 482 g/mol. The van der Waals surface area contributed by atoms with E-state index < -0.39 is 0 Å². The van der Waals surface area contributed by atoms with E-state index in [1.54, 1.807) is 12.1 Å². The summed E-state index contributed by atoms with van der Waals surface area (Å²) < 4.78 is 15.1. The minimum Gasteiger partial charge on any atom is -0.301 e. The van der Waals surface area contributed by atoms with Gasteiger partial charge in [-0.05, 0) is 57.4 Å². The lowest BCUT2D eigenvalue weighted by Crippen LogP contribution is -2.21. The highest BCUT2D eigenvalue weighted by atomic mass is 32.2. The number of thiazole rings is 1. The van der Waals surface area contributed by atoms with Gasteiger partial charge in [0, 0.05) is 16.6 Å². The number of nitrogens with zero attached hydrogens (tertiary/aromatic N) is 5. The van der Waals surface area contributed by atoms with Gasteiger partial charge in [-0.1, -0.05) is 30.0 Å². The Morgan fingerprint density at radius 2 is 1.88 bits per heavy atom. The quantitative estimate of drug-likeness (QED) is 0.361. The molecular formula is C23H23FN6OS2. The molecule has 170 valence electrons. The molecule has 2 aromatic carbocycles. The van der Waals surface area contributed by atoms with Crippen molar-refractivity contribution < 1.29 is 9.18 Å². The Hall–Kier alpha value is -3.08. The molecule has 1 atom stereocenters. The van der Waals surface area contributed by atoms with Crippen molar-refractivity contribution in [3.05, 3.63) is 71.6 Å². The van der Waals surface area contributed by atoms with E-state index in [1.165, 1.54) is 35.2 Å². The van der Waals surface area contributed by atoms with Gasteiger partial charge >= 0.3 is 0 Å². The van der Waals surface area contributed by atoms with Gasteiger partial charge in [0.15, 0.2) is 16.1 Å². The van der Waals surface area contributed by atoms with E-state index >= 15 is 0 Å². The lowest BCUT2D eigenvalue weighted by molar-refractivity contribution is -0.113. The van der Waals surface area contributed by atoms with Crippen LogP contribution in [0.1, 0.15) is 18.8 Å². The number of aromatic nitrogens is 4. The van der Waals surface area contributed by atoms with Gasteiger partial charge in [-0.3, -0.25) is 14.3 Å². The number of amides is 1. The third kappa shape index (κ3) is 5.47. The molecule has 4 aromatic rings. The van der Waals surface area contributed by atoms with Crippen LogP contribution in [-0.2, 0) is 4.79 Å². The van der Waals surface area contributed by atoms with Crippen LogP contribution in [0.2, 0.25) is 0 Å². The maximum Gasteiger partial charge on any atom is 0.236 e. The molecular weight excluding hydrogens is 459 g/mol. The summed E-state index contributed by atoms with van der Waals surface area (Å²) in [7, 11) is 3.98. The fourth-order valence-corrected chi connectivity index (χ4v) is 4.56. The van der Waals surface area contributed by atoms with Gasteiger partial charge in [-0.25, -0.2) is 9.37 Å². The first-order valence-corrected chi connectivity index (χ1v) is 12.1.